The summed E-state index contributed by atoms with van der Waals surface area (Å²) >= 11 is 0. The number of benzene rings is 1. The lowest BCUT2D eigenvalue weighted by Crippen LogP contribution is -2.30. The van der Waals surface area contributed by atoms with E-state index in [2.05, 4.69) is 74.4 Å². The average molecular weight is 307 g/mol. The molecule has 0 saturated heterocycles. The van der Waals surface area contributed by atoms with E-state index < -0.39 is 7.80 Å². The van der Waals surface area contributed by atoms with E-state index in [4.69, 9.17) is 0 Å². The molecule has 1 aromatic carbocycles. The summed E-state index contributed by atoms with van der Waals surface area (Å²) in [7, 11) is -1.36. The molecule has 1 atom stereocenters. The first-order chi connectivity index (χ1) is 9.15. The lowest BCUT2D eigenvalue weighted by Gasteiger charge is -2.29. The maximum atomic E-state index is 12.5. The molecule has 118 valence electrons. The molecule has 0 saturated carbocycles. The van der Waals surface area contributed by atoms with Crippen LogP contribution in [0.15, 0.2) is 12.1 Å². The van der Waals surface area contributed by atoms with Crippen LogP contribution in [0.3, 0.4) is 0 Å². The van der Waals surface area contributed by atoms with Gasteiger partial charge in [-0.3, -0.25) is 0 Å². The second-order valence-corrected chi connectivity index (χ2v) is 10.6. The Balaban J connectivity index is 3.89. The normalized spacial score (nSPS) is 14.3. The summed E-state index contributed by atoms with van der Waals surface area (Å²) in [5.74, 6) is 0. The highest BCUT2D eigenvalue weighted by Gasteiger charge is 2.35. The van der Waals surface area contributed by atoms with E-state index in [0.717, 1.165) is 5.30 Å². The Hall–Kier alpha value is -0.680. The van der Waals surface area contributed by atoms with Crippen molar-refractivity contribution in [1.82, 2.24) is 0 Å². The van der Waals surface area contributed by atoms with Crippen molar-refractivity contribution >= 4 is 13.1 Å². The molecule has 0 aromatic heterocycles. The Kier molecular flexibility index (Phi) is 4.82. The molecule has 21 heavy (non-hydrogen) atoms. The van der Waals surface area contributed by atoms with Crippen LogP contribution in [0.2, 0.25) is 0 Å². The van der Waals surface area contributed by atoms with Crippen LogP contribution in [0.4, 0.5) is 0 Å². The van der Waals surface area contributed by atoms with E-state index in [-0.39, 0.29) is 16.2 Å². The number of rotatable bonds is 1. The maximum absolute atomic E-state index is 12.5. The molecular weight excluding hydrogens is 275 g/mol. The third-order valence-electron chi connectivity index (χ3n) is 3.91. The fourth-order valence-corrected chi connectivity index (χ4v) is 4.03. The summed E-state index contributed by atoms with van der Waals surface area (Å²) < 4.78 is 12.5. The smallest absolute Gasteiger partial charge is 0.0684 e. The average Bonchev–Trinajstić information content (AvgIpc) is 2.23. The summed E-state index contributed by atoms with van der Waals surface area (Å²) in [6.45, 7) is 21.8. The Morgan fingerprint density at radius 3 is 1.24 bits per heavy atom. The third-order valence-corrected chi connectivity index (χ3v) is 5.02. The van der Waals surface area contributed by atoms with Crippen molar-refractivity contribution in [3.63, 3.8) is 0 Å². The second-order valence-electron chi connectivity index (χ2n) is 9.17. The van der Waals surface area contributed by atoms with Crippen molar-refractivity contribution in [3.8, 4) is 0 Å². The summed E-state index contributed by atoms with van der Waals surface area (Å²) in [5, 5.41) is 1.07. The molecule has 0 fully saturated rings. The number of hydrogen-bond acceptors (Lipinski definition) is 1. The van der Waals surface area contributed by atoms with E-state index in [1.807, 2.05) is 6.66 Å². The van der Waals surface area contributed by atoms with Crippen LogP contribution in [0.5, 0.6) is 0 Å². The quantitative estimate of drug-likeness (QED) is 0.612. The molecule has 1 unspecified atom stereocenters. The Morgan fingerprint density at radius 1 is 0.714 bits per heavy atom. The van der Waals surface area contributed by atoms with Crippen LogP contribution < -0.4 is 5.30 Å². The first-order valence-electron chi connectivity index (χ1n) is 7.76. The highest BCUT2D eigenvalue weighted by atomic mass is 31.1. The SMILES string of the molecule is C[P+](=O)c1c(C(C)(C)C)cc(C(C)(C)C)cc1C(C)(C)C. The Bertz CT molecular complexity index is 513. The van der Waals surface area contributed by atoms with Crippen LogP contribution in [0.25, 0.3) is 0 Å². The Morgan fingerprint density at radius 2 is 1.05 bits per heavy atom. The van der Waals surface area contributed by atoms with Gasteiger partial charge in [0.1, 0.15) is 6.66 Å². The molecular formula is C19H32OP+. The Labute approximate surface area is 132 Å². The summed E-state index contributed by atoms with van der Waals surface area (Å²) in [5.41, 5.74) is 3.90. The van der Waals surface area contributed by atoms with Gasteiger partial charge in [-0.1, -0.05) is 79.0 Å². The summed E-state index contributed by atoms with van der Waals surface area (Å²) in [6, 6.07) is 4.56. The minimum absolute atomic E-state index is 0.00238. The standard InChI is InChI=1S/C19H32OP/c1-17(2,3)13-11-14(18(4,5)6)16(21(10)20)15(12-13)19(7,8)9/h11-12H,1-10H3/q+1. The molecule has 0 bridgehead atoms. The largest absolute Gasteiger partial charge is 0.374 e. The molecule has 1 aromatic rings. The molecule has 0 spiro atoms. The fourth-order valence-electron chi connectivity index (χ4n) is 2.55. The molecule has 1 rings (SSSR count). The van der Waals surface area contributed by atoms with Crippen LogP contribution >= 0.6 is 7.80 Å². The fraction of sp³-hybridized carbons (Fsp3) is 0.684. The first kappa shape index (κ1) is 18.4. The molecule has 2 heteroatoms. The monoisotopic (exact) mass is 307 g/mol. The molecule has 0 aliphatic heterocycles. The topological polar surface area (TPSA) is 17.1 Å². The van der Waals surface area contributed by atoms with Gasteiger partial charge in [0.15, 0.2) is 5.30 Å². The van der Waals surface area contributed by atoms with Gasteiger partial charge in [0.25, 0.3) is 0 Å². The van der Waals surface area contributed by atoms with Gasteiger partial charge in [-0.15, -0.1) is 0 Å². The maximum Gasteiger partial charge on any atom is 0.374 e. The summed E-state index contributed by atoms with van der Waals surface area (Å²) in [6.07, 6.45) is 0. The van der Waals surface area contributed by atoms with Gasteiger partial charge in [-0.2, -0.15) is 0 Å². The molecule has 0 aliphatic carbocycles. The van der Waals surface area contributed by atoms with Crippen LogP contribution in [-0.4, -0.2) is 6.66 Å². The third kappa shape index (κ3) is 4.16. The zero-order chi connectivity index (χ0) is 16.8. The highest BCUT2D eigenvalue weighted by Crippen LogP contribution is 2.37. The van der Waals surface area contributed by atoms with E-state index >= 15 is 0 Å². The van der Waals surface area contributed by atoms with Crippen molar-refractivity contribution in [2.75, 3.05) is 6.66 Å². The van der Waals surface area contributed by atoms with Crippen molar-refractivity contribution in [2.24, 2.45) is 0 Å². The van der Waals surface area contributed by atoms with Gasteiger partial charge in [0.2, 0.25) is 0 Å². The molecule has 0 amide bonds. The molecule has 0 heterocycles. The zero-order valence-electron chi connectivity index (χ0n) is 15.5. The lowest BCUT2D eigenvalue weighted by molar-refractivity contribution is 0.551. The van der Waals surface area contributed by atoms with Crippen molar-refractivity contribution in [1.29, 1.82) is 0 Å². The van der Waals surface area contributed by atoms with Crippen molar-refractivity contribution < 1.29 is 4.57 Å². The zero-order valence-corrected chi connectivity index (χ0v) is 16.4. The van der Waals surface area contributed by atoms with E-state index in [1.165, 1.54) is 16.7 Å². The van der Waals surface area contributed by atoms with E-state index in [1.54, 1.807) is 0 Å². The molecule has 0 aliphatic rings. The number of hydrogen-bond donors (Lipinski definition) is 0. The predicted molar refractivity (Wildman–Crippen MR) is 95.7 cm³/mol. The highest BCUT2D eigenvalue weighted by molar-refractivity contribution is 7.52. The second kappa shape index (κ2) is 5.51. The van der Waals surface area contributed by atoms with Crippen LogP contribution in [0.1, 0.15) is 79.0 Å². The van der Waals surface area contributed by atoms with E-state index in [9.17, 15) is 4.57 Å². The van der Waals surface area contributed by atoms with Gasteiger partial charge in [-0.25, -0.2) is 0 Å². The van der Waals surface area contributed by atoms with Crippen LogP contribution in [0, 0.1) is 0 Å². The van der Waals surface area contributed by atoms with Crippen molar-refractivity contribution in [3.05, 3.63) is 28.8 Å². The van der Waals surface area contributed by atoms with Gasteiger partial charge >= 0.3 is 7.80 Å². The van der Waals surface area contributed by atoms with Gasteiger partial charge < -0.3 is 0 Å². The predicted octanol–water partition coefficient (Wildman–Crippen LogP) is 5.66. The van der Waals surface area contributed by atoms with Crippen molar-refractivity contribution in [2.45, 2.75) is 78.6 Å². The van der Waals surface area contributed by atoms with E-state index in [0.29, 0.717) is 0 Å². The lowest BCUT2D eigenvalue weighted by atomic mass is 9.75. The van der Waals surface area contributed by atoms with Gasteiger partial charge in [0.05, 0.1) is 0 Å². The minimum atomic E-state index is -1.36. The van der Waals surface area contributed by atoms with Gasteiger partial charge in [-0.05, 0) is 21.8 Å². The first-order valence-corrected chi connectivity index (χ1v) is 9.46. The molecule has 0 N–H and O–H groups in total. The summed E-state index contributed by atoms with van der Waals surface area (Å²) in [4.78, 5) is 0. The van der Waals surface area contributed by atoms with Gasteiger partial charge in [0, 0.05) is 11.1 Å². The molecule has 0 radical (unpaired) electrons. The van der Waals surface area contributed by atoms with Crippen LogP contribution in [-0.2, 0) is 20.8 Å². The minimum Gasteiger partial charge on any atom is -0.0684 e. The molecule has 1 nitrogen and oxygen atoms in total.